The number of benzene rings is 4. The van der Waals surface area contributed by atoms with Gasteiger partial charge in [-0.3, -0.25) is 0 Å². The van der Waals surface area contributed by atoms with E-state index in [2.05, 4.69) is 98.2 Å². The van der Waals surface area contributed by atoms with Crippen LogP contribution in [-0.4, -0.2) is 13.5 Å². The Morgan fingerprint density at radius 3 is 1.59 bits per heavy atom. The van der Waals surface area contributed by atoms with Crippen LogP contribution in [0.2, 0.25) is 0 Å². The first-order valence-corrected chi connectivity index (χ1v) is 14.2. The van der Waals surface area contributed by atoms with Gasteiger partial charge in [0, 0.05) is 35.6 Å². The van der Waals surface area contributed by atoms with Crippen LogP contribution in [0.15, 0.2) is 72.8 Å². The lowest BCUT2D eigenvalue weighted by molar-refractivity contribution is 0.289. The summed E-state index contributed by atoms with van der Waals surface area (Å²) in [4.78, 5) is 4.76. The molecule has 0 aliphatic carbocycles. The molecule has 2 aliphatic heterocycles. The first-order valence-electron chi connectivity index (χ1n) is 14.2. The smallest absolute Gasteiger partial charge is 0.161 e. The molecule has 0 unspecified atom stereocenters. The van der Waals surface area contributed by atoms with E-state index in [9.17, 15) is 0 Å². The second-order valence-electron chi connectivity index (χ2n) is 10.9. The van der Waals surface area contributed by atoms with Crippen LogP contribution in [-0.2, 0) is 32.4 Å². The van der Waals surface area contributed by atoms with Gasteiger partial charge in [-0.2, -0.15) is 0 Å². The lowest BCUT2D eigenvalue weighted by atomic mass is 9.93. The molecule has 200 valence electrons. The highest BCUT2D eigenvalue weighted by molar-refractivity contribution is 5.64. The van der Waals surface area contributed by atoms with Gasteiger partial charge >= 0.3 is 0 Å². The minimum Gasteiger partial charge on any atom is -0.473 e. The monoisotopic (exact) mass is 518 g/mol. The number of aryl methyl sites for hydroxylation is 4. The molecule has 0 saturated carbocycles. The molecule has 0 N–H and O–H groups in total. The molecular formula is C35H38N2O2. The molecule has 0 bridgehead atoms. The highest BCUT2D eigenvalue weighted by atomic mass is 16.5. The van der Waals surface area contributed by atoms with Crippen molar-refractivity contribution < 1.29 is 9.47 Å². The number of fused-ring (bicyclic) bond motifs is 2. The second-order valence-corrected chi connectivity index (χ2v) is 10.9. The van der Waals surface area contributed by atoms with Gasteiger partial charge in [0.05, 0.1) is 0 Å². The molecule has 0 aromatic heterocycles. The Hall–Kier alpha value is -3.92. The van der Waals surface area contributed by atoms with Crippen molar-refractivity contribution in [1.29, 1.82) is 0 Å². The number of hydrogen-bond donors (Lipinski definition) is 0. The van der Waals surface area contributed by atoms with Crippen molar-refractivity contribution >= 4 is 11.4 Å². The lowest BCUT2D eigenvalue weighted by Crippen LogP contribution is -2.33. The molecule has 4 nitrogen and oxygen atoms in total. The average Bonchev–Trinajstić information content (AvgIpc) is 2.96. The third kappa shape index (κ3) is 4.96. The van der Waals surface area contributed by atoms with E-state index in [0.717, 1.165) is 43.9 Å². The first-order chi connectivity index (χ1) is 19.0. The molecular weight excluding hydrogens is 480 g/mol. The summed E-state index contributed by atoms with van der Waals surface area (Å²) in [5, 5.41) is 0. The minimum atomic E-state index is 0.587. The Kier molecular flexibility index (Phi) is 6.95. The normalized spacial score (nSPS) is 14.4. The van der Waals surface area contributed by atoms with Crippen molar-refractivity contribution in [1.82, 2.24) is 0 Å². The topological polar surface area (TPSA) is 24.9 Å². The summed E-state index contributed by atoms with van der Waals surface area (Å²) in [5.41, 5.74) is 13.3. The van der Waals surface area contributed by atoms with Gasteiger partial charge in [-0.25, -0.2) is 0 Å². The van der Waals surface area contributed by atoms with Gasteiger partial charge in [0.25, 0.3) is 0 Å². The molecule has 39 heavy (non-hydrogen) atoms. The van der Waals surface area contributed by atoms with Gasteiger partial charge in [0.1, 0.15) is 11.5 Å². The van der Waals surface area contributed by atoms with Gasteiger partial charge in [0.15, 0.2) is 13.5 Å². The third-order valence-corrected chi connectivity index (χ3v) is 8.10. The van der Waals surface area contributed by atoms with E-state index in [4.69, 9.17) is 9.47 Å². The van der Waals surface area contributed by atoms with Gasteiger partial charge in [-0.1, -0.05) is 74.5 Å². The van der Waals surface area contributed by atoms with Crippen LogP contribution in [0.4, 0.5) is 11.4 Å². The number of nitrogens with zero attached hydrogens (tertiary/aromatic N) is 2. The zero-order chi connectivity index (χ0) is 26.9. The van der Waals surface area contributed by atoms with Crippen molar-refractivity contribution in [2.75, 3.05) is 23.3 Å². The molecule has 0 radical (unpaired) electrons. The van der Waals surface area contributed by atoms with E-state index in [0.29, 0.717) is 13.5 Å². The van der Waals surface area contributed by atoms with Gasteiger partial charge in [0.2, 0.25) is 0 Å². The minimum absolute atomic E-state index is 0.587. The summed E-state index contributed by atoms with van der Waals surface area (Å²) in [6.45, 7) is 12.0. The molecule has 0 amide bonds. The largest absolute Gasteiger partial charge is 0.473 e. The van der Waals surface area contributed by atoms with E-state index >= 15 is 0 Å². The summed E-state index contributed by atoms with van der Waals surface area (Å²) in [5.74, 6) is 2.01. The molecule has 2 heterocycles. The number of ether oxygens (including phenoxy) is 2. The number of anilines is 2. The summed E-state index contributed by atoms with van der Waals surface area (Å²) < 4.78 is 12.2. The SMILES string of the molecule is CCc1cc(Cc2cc(C)c(N3COc4ccccc4C3)c(C)c2)cc(CC)c1N1COc2ccccc2C1. The van der Waals surface area contributed by atoms with Gasteiger partial charge in [-0.05, 0) is 78.6 Å². The maximum atomic E-state index is 6.14. The fraction of sp³-hybridized carbons (Fsp3) is 0.314. The molecule has 4 aromatic carbocycles. The van der Waals surface area contributed by atoms with Gasteiger partial charge < -0.3 is 19.3 Å². The van der Waals surface area contributed by atoms with Crippen molar-refractivity contribution in [3.8, 4) is 11.5 Å². The maximum absolute atomic E-state index is 6.14. The van der Waals surface area contributed by atoms with Crippen LogP contribution in [0.5, 0.6) is 11.5 Å². The van der Waals surface area contributed by atoms with Crippen molar-refractivity contribution in [3.05, 3.63) is 117 Å². The summed E-state index contributed by atoms with van der Waals surface area (Å²) in [6.07, 6.45) is 2.93. The predicted octanol–water partition coefficient (Wildman–Crippen LogP) is 7.73. The first kappa shape index (κ1) is 25.4. The summed E-state index contributed by atoms with van der Waals surface area (Å²) in [6, 6.07) is 26.3. The molecule has 4 heteroatoms. The average molecular weight is 519 g/mol. The summed E-state index contributed by atoms with van der Waals surface area (Å²) in [7, 11) is 0. The highest BCUT2D eigenvalue weighted by Gasteiger charge is 2.23. The summed E-state index contributed by atoms with van der Waals surface area (Å²) >= 11 is 0. The Morgan fingerprint density at radius 1 is 0.615 bits per heavy atom. The van der Waals surface area contributed by atoms with Crippen molar-refractivity contribution in [3.63, 3.8) is 0 Å². The second kappa shape index (κ2) is 10.7. The zero-order valence-electron chi connectivity index (χ0n) is 23.6. The van der Waals surface area contributed by atoms with Crippen LogP contribution >= 0.6 is 0 Å². The van der Waals surface area contributed by atoms with Crippen LogP contribution < -0.4 is 19.3 Å². The number of para-hydroxylation sites is 2. The highest BCUT2D eigenvalue weighted by Crippen LogP contribution is 2.36. The van der Waals surface area contributed by atoms with E-state index in [1.807, 2.05) is 12.1 Å². The maximum Gasteiger partial charge on any atom is 0.161 e. The lowest BCUT2D eigenvalue weighted by Gasteiger charge is -2.34. The van der Waals surface area contributed by atoms with Crippen LogP contribution in [0.25, 0.3) is 0 Å². The van der Waals surface area contributed by atoms with E-state index in [1.54, 1.807) is 0 Å². The number of hydrogen-bond acceptors (Lipinski definition) is 4. The standard InChI is InChI=1S/C35H38N2O2/c1-5-28-18-27(19-29(6-2)35(28)37-21-31-12-8-10-14-33(31)39-23-37)17-26-15-24(3)34(25(4)16-26)36-20-30-11-7-9-13-32(30)38-22-36/h7-16,18-19H,5-6,17,20-23H2,1-4H3. The zero-order valence-corrected chi connectivity index (χ0v) is 23.6. The van der Waals surface area contributed by atoms with Crippen LogP contribution in [0, 0.1) is 13.8 Å². The quantitative estimate of drug-likeness (QED) is 0.261. The van der Waals surface area contributed by atoms with Crippen LogP contribution in [0.1, 0.15) is 58.4 Å². The fourth-order valence-electron chi connectivity index (χ4n) is 6.40. The Balaban J connectivity index is 1.26. The van der Waals surface area contributed by atoms with E-state index in [1.165, 1.54) is 55.9 Å². The Labute approximate surface area is 232 Å². The molecule has 0 spiro atoms. The van der Waals surface area contributed by atoms with E-state index < -0.39 is 0 Å². The number of rotatable bonds is 6. The Bertz CT molecular complexity index is 1460. The molecule has 0 fully saturated rings. The van der Waals surface area contributed by atoms with Crippen molar-refractivity contribution in [2.45, 2.75) is 60.0 Å². The Morgan fingerprint density at radius 2 is 1.08 bits per heavy atom. The predicted molar refractivity (Wildman–Crippen MR) is 160 cm³/mol. The van der Waals surface area contributed by atoms with E-state index in [-0.39, 0.29) is 0 Å². The molecule has 4 aromatic rings. The molecule has 0 saturated heterocycles. The fourth-order valence-corrected chi connectivity index (χ4v) is 6.40. The van der Waals surface area contributed by atoms with Crippen molar-refractivity contribution in [2.24, 2.45) is 0 Å². The van der Waals surface area contributed by atoms with Gasteiger partial charge in [-0.15, -0.1) is 0 Å². The molecule has 6 rings (SSSR count). The molecule has 0 atom stereocenters. The molecule has 2 aliphatic rings. The third-order valence-electron chi connectivity index (χ3n) is 8.10. The van der Waals surface area contributed by atoms with Crippen LogP contribution in [0.3, 0.4) is 0 Å².